The molecule has 1 aliphatic heterocycles. The second-order valence-electron chi connectivity index (χ2n) is 6.94. The third kappa shape index (κ3) is 2.22. The molecule has 0 radical (unpaired) electrons. The lowest BCUT2D eigenvalue weighted by molar-refractivity contribution is 0.218. The quantitative estimate of drug-likeness (QED) is 0.808. The third-order valence-electron chi connectivity index (χ3n) is 5.61. The van der Waals surface area contributed by atoms with Gasteiger partial charge in [-0.3, -0.25) is 0 Å². The number of alkyl halides is 1. The zero-order chi connectivity index (χ0) is 14.6. The predicted molar refractivity (Wildman–Crippen MR) is 84.5 cm³/mol. The van der Waals surface area contributed by atoms with Crippen molar-refractivity contribution in [2.75, 3.05) is 12.4 Å². The number of halogens is 1. The maximum absolute atomic E-state index is 11.7. The van der Waals surface area contributed by atoms with Gasteiger partial charge < -0.3 is 10.2 Å². The van der Waals surface area contributed by atoms with Crippen LogP contribution in [0, 0.1) is 17.8 Å². The van der Waals surface area contributed by atoms with E-state index in [4.69, 9.17) is 11.6 Å². The van der Waals surface area contributed by atoms with Crippen molar-refractivity contribution in [1.82, 2.24) is 4.90 Å². The second-order valence-corrected chi connectivity index (χ2v) is 7.41. The van der Waals surface area contributed by atoms with E-state index in [1.807, 2.05) is 13.1 Å². The monoisotopic (exact) mass is 304 g/mol. The molecule has 1 aromatic carbocycles. The molecule has 0 aromatic heterocycles. The van der Waals surface area contributed by atoms with Crippen LogP contribution in [0.3, 0.4) is 0 Å². The molecule has 2 fully saturated rings. The Morgan fingerprint density at radius 1 is 1.33 bits per heavy atom. The number of hydrogen-bond acceptors (Lipinski definition) is 1. The lowest BCUT2D eigenvalue weighted by atomic mass is 9.83. The zero-order valence-corrected chi connectivity index (χ0v) is 13.1. The van der Waals surface area contributed by atoms with Crippen LogP contribution < -0.4 is 5.32 Å². The van der Waals surface area contributed by atoms with Crippen molar-refractivity contribution in [1.29, 1.82) is 0 Å². The summed E-state index contributed by atoms with van der Waals surface area (Å²) in [5, 5.41) is 3.04. The molecule has 1 heterocycles. The van der Waals surface area contributed by atoms with Gasteiger partial charge in [0.2, 0.25) is 0 Å². The van der Waals surface area contributed by atoms with E-state index >= 15 is 0 Å². The Balaban J connectivity index is 1.58. The molecular weight excluding hydrogens is 284 g/mol. The molecule has 2 aliphatic carbocycles. The van der Waals surface area contributed by atoms with Crippen LogP contribution in [-0.4, -0.2) is 18.0 Å². The summed E-state index contributed by atoms with van der Waals surface area (Å²) in [6.07, 6.45) is 5.46. The first kappa shape index (κ1) is 13.4. The minimum absolute atomic E-state index is 0.0363. The Labute approximate surface area is 130 Å². The van der Waals surface area contributed by atoms with Gasteiger partial charge in [0.1, 0.15) is 0 Å². The highest BCUT2D eigenvalue weighted by Crippen LogP contribution is 2.54. The summed E-state index contributed by atoms with van der Waals surface area (Å²) in [6.45, 7) is 0.662. The third-order valence-corrected chi connectivity index (χ3v) is 6.19. The number of urea groups is 1. The van der Waals surface area contributed by atoms with Gasteiger partial charge in [0.25, 0.3) is 0 Å². The van der Waals surface area contributed by atoms with Crippen LogP contribution in [0.25, 0.3) is 0 Å². The zero-order valence-electron chi connectivity index (χ0n) is 12.3. The van der Waals surface area contributed by atoms with E-state index < -0.39 is 0 Å². The highest BCUT2D eigenvalue weighted by molar-refractivity contribution is 6.21. The Kier molecular flexibility index (Phi) is 3.14. The van der Waals surface area contributed by atoms with Crippen molar-refractivity contribution in [2.45, 2.75) is 37.6 Å². The fraction of sp³-hybridized carbons (Fsp3) is 0.588. The Bertz CT molecular complexity index is 588. The van der Waals surface area contributed by atoms with Crippen LogP contribution in [0.4, 0.5) is 10.5 Å². The SMILES string of the molecule is CN1Cc2cc(C(Cl)C3CC4CCC3C4)ccc2NC1=O. The maximum atomic E-state index is 11.7. The van der Waals surface area contributed by atoms with E-state index in [0.29, 0.717) is 12.5 Å². The Hall–Kier alpha value is -1.22. The molecule has 1 aromatic rings. The largest absolute Gasteiger partial charge is 0.323 e. The van der Waals surface area contributed by atoms with Crippen LogP contribution in [0.15, 0.2) is 18.2 Å². The number of anilines is 1. The molecule has 1 N–H and O–H groups in total. The van der Waals surface area contributed by atoms with Crippen molar-refractivity contribution in [3.8, 4) is 0 Å². The first-order chi connectivity index (χ1) is 10.1. The molecule has 2 amide bonds. The van der Waals surface area contributed by atoms with Crippen LogP contribution in [0.1, 0.15) is 42.2 Å². The second kappa shape index (κ2) is 4.91. The van der Waals surface area contributed by atoms with Crippen molar-refractivity contribution in [2.24, 2.45) is 17.8 Å². The molecular formula is C17H21ClN2O. The molecule has 0 spiro atoms. The predicted octanol–water partition coefficient (Wildman–Crippen LogP) is 4.38. The van der Waals surface area contributed by atoms with Crippen molar-refractivity contribution >= 4 is 23.3 Å². The number of nitrogens with zero attached hydrogens (tertiary/aromatic N) is 1. The number of carbonyl (C=O) groups excluding carboxylic acids is 1. The summed E-state index contributed by atoms with van der Waals surface area (Å²) in [5.41, 5.74) is 3.32. The van der Waals surface area contributed by atoms with Gasteiger partial charge in [-0.2, -0.15) is 0 Å². The first-order valence-corrected chi connectivity index (χ1v) is 8.34. The summed E-state index contributed by atoms with van der Waals surface area (Å²) in [7, 11) is 1.82. The van der Waals surface area contributed by atoms with E-state index in [9.17, 15) is 4.79 Å². The molecule has 2 saturated carbocycles. The van der Waals surface area contributed by atoms with Crippen LogP contribution in [0.5, 0.6) is 0 Å². The van der Waals surface area contributed by atoms with Crippen LogP contribution in [0.2, 0.25) is 0 Å². The Morgan fingerprint density at radius 3 is 2.90 bits per heavy atom. The molecule has 2 bridgehead atoms. The van der Waals surface area contributed by atoms with Crippen molar-refractivity contribution < 1.29 is 4.79 Å². The van der Waals surface area contributed by atoms with E-state index in [2.05, 4.69) is 17.4 Å². The number of carbonyl (C=O) groups is 1. The van der Waals surface area contributed by atoms with E-state index in [1.165, 1.54) is 36.8 Å². The Morgan fingerprint density at radius 2 is 2.19 bits per heavy atom. The van der Waals surface area contributed by atoms with Gasteiger partial charge >= 0.3 is 6.03 Å². The van der Waals surface area contributed by atoms with E-state index in [0.717, 1.165) is 17.5 Å². The highest BCUT2D eigenvalue weighted by atomic mass is 35.5. The van der Waals surface area contributed by atoms with Gasteiger partial charge in [-0.25, -0.2) is 4.79 Å². The van der Waals surface area contributed by atoms with Gasteiger partial charge in [0.05, 0.1) is 5.38 Å². The van der Waals surface area contributed by atoms with Gasteiger partial charge in [0.15, 0.2) is 0 Å². The molecule has 21 heavy (non-hydrogen) atoms. The smallest absolute Gasteiger partial charge is 0.321 e. The molecule has 112 valence electrons. The molecule has 4 unspecified atom stereocenters. The molecule has 4 rings (SSSR count). The summed E-state index contributed by atoms with van der Waals surface area (Å²) >= 11 is 6.81. The summed E-state index contributed by atoms with van der Waals surface area (Å²) in [6, 6.07) is 6.26. The molecule has 4 atom stereocenters. The van der Waals surface area contributed by atoms with E-state index in [1.54, 1.807) is 4.90 Å². The summed E-state index contributed by atoms with van der Waals surface area (Å²) in [4.78, 5) is 13.4. The maximum Gasteiger partial charge on any atom is 0.321 e. The standard InChI is InChI=1S/C17H21ClN2O/c1-20-9-13-8-12(4-5-15(13)19-17(20)21)16(18)14-7-10-2-3-11(14)6-10/h4-5,8,10-11,14,16H,2-3,6-7,9H2,1H3,(H,19,21). The van der Waals surface area contributed by atoms with Gasteiger partial charge in [0, 0.05) is 19.3 Å². The average molecular weight is 305 g/mol. The molecule has 3 nitrogen and oxygen atoms in total. The fourth-order valence-corrected chi connectivity index (χ4v) is 4.92. The molecule has 3 aliphatic rings. The fourth-order valence-electron chi connectivity index (χ4n) is 4.48. The molecule has 4 heteroatoms. The highest BCUT2D eigenvalue weighted by Gasteiger charge is 2.43. The average Bonchev–Trinajstić information content (AvgIpc) is 3.10. The normalized spacial score (nSPS) is 32.0. The lowest BCUT2D eigenvalue weighted by Gasteiger charge is -2.29. The van der Waals surface area contributed by atoms with Crippen LogP contribution >= 0.6 is 11.6 Å². The van der Waals surface area contributed by atoms with Gasteiger partial charge in [-0.1, -0.05) is 18.6 Å². The van der Waals surface area contributed by atoms with E-state index in [-0.39, 0.29) is 11.4 Å². The van der Waals surface area contributed by atoms with Crippen molar-refractivity contribution in [3.05, 3.63) is 29.3 Å². The number of hydrogen-bond donors (Lipinski definition) is 1. The van der Waals surface area contributed by atoms with Crippen LogP contribution in [-0.2, 0) is 6.54 Å². The first-order valence-electron chi connectivity index (χ1n) is 7.91. The minimum atomic E-state index is -0.0363. The number of nitrogens with one attached hydrogen (secondary N) is 1. The summed E-state index contributed by atoms with van der Waals surface area (Å²) in [5.74, 6) is 2.39. The minimum Gasteiger partial charge on any atom is -0.323 e. The number of amides is 2. The topological polar surface area (TPSA) is 32.3 Å². The lowest BCUT2D eigenvalue weighted by Crippen LogP contribution is -2.35. The van der Waals surface area contributed by atoms with Gasteiger partial charge in [-0.05, 0) is 54.2 Å². The molecule has 0 saturated heterocycles. The van der Waals surface area contributed by atoms with Crippen molar-refractivity contribution in [3.63, 3.8) is 0 Å². The number of benzene rings is 1. The number of fused-ring (bicyclic) bond motifs is 3. The number of rotatable bonds is 2. The summed E-state index contributed by atoms with van der Waals surface area (Å²) < 4.78 is 0. The van der Waals surface area contributed by atoms with Gasteiger partial charge in [-0.15, -0.1) is 11.6 Å².